The smallest absolute Gasteiger partial charge is 0.254 e. The van der Waals surface area contributed by atoms with Crippen LogP contribution in [-0.2, 0) is 11.2 Å². The van der Waals surface area contributed by atoms with Crippen molar-refractivity contribution in [1.29, 1.82) is 0 Å². The van der Waals surface area contributed by atoms with Gasteiger partial charge in [0.2, 0.25) is 5.91 Å². The van der Waals surface area contributed by atoms with Gasteiger partial charge in [-0.25, -0.2) is 4.98 Å². The summed E-state index contributed by atoms with van der Waals surface area (Å²) in [5.74, 6) is 0.0663. The minimum absolute atomic E-state index is 0.103. The quantitative estimate of drug-likeness (QED) is 0.727. The summed E-state index contributed by atoms with van der Waals surface area (Å²) in [6.07, 6.45) is 1.30. The fraction of sp³-hybridized carbons (Fsp3) is 0.0556. The van der Waals surface area contributed by atoms with Crippen LogP contribution in [0.15, 0.2) is 59.5 Å². The van der Waals surface area contributed by atoms with E-state index in [1.165, 1.54) is 6.20 Å². The average Bonchev–Trinajstić information content (AvgIpc) is 2.59. The van der Waals surface area contributed by atoms with Crippen LogP contribution in [0.5, 0.6) is 0 Å². The van der Waals surface area contributed by atoms with Crippen LogP contribution in [0.1, 0.15) is 5.56 Å². The highest BCUT2D eigenvalue weighted by molar-refractivity contribution is 6.33. The van der Waals surface area contributed by atoms with Crippen LogP contribution in [-0.4, -0.2) is 15.9 Å². The molecule has 2 N–H and O–H groups in total. The zero-order valence-electron chi connectivity index (χ0n) is 12.9. The largest absolute Gasteiger partial charge is 0.324 e. The molecule has 0 saturated heterocycles. The number of hydrogen-bond acceptors (Lipinski definition) is 3. The van der Waals surface area contributed by atoms with Gasteiger partial charge in [-0.1, -0.05) is 35.3 Å². The molecule has 126 valence electrons. The number of anilines is 1. The number of benzene rings is 2. The maximum absolute atomic E-state index is 12.2. The molecule has 5 nitrogen and oxygen atoms in total. The van der Waals surface area contributed by atoms with E-state index in [4.69, 9.17) is 23.2 Å². The van der Waals surface area contributed by atoms with Crippen molar-refractivity contribution >= 4 is 34.8 Å². The molecule has 2 aromatic carbocycles. The zero-order valence-corrected chi connectivity index (χ0v) is 14.4. The van der Waals surface area contributed by atoms with Crippen LogP contribution in [0, 0.1) is 0 Å². The van der Waals surface area contributed by atoms with Crippen molar-refractivity contribution in [3.05, 3.63) is 80.7 Å². The summed E-state index contributed by atoms with van der Waals surface area (Å²) in [5.41, 5.74) is 1.13. The Morgan fingerprint density at radius 1 is 1.08 bits per heavy atom. The van der Waals surface area contributed by atoms with Gasteiger partial charge in [0.05, 0.1) is 17.1 Å². The first-order chi connectivity index (χ1) is 12.0. The molecule has 3 rings (SSSR count). The van der Waals surface area contributed by atoms with Crippen LogP contribution in [0.2, 0.25) is 10.0 Å². The first-order valence-electron chi connectivity index (χ1n) is 7.41. The monoisotopic (exact) mass is 373 g/mol. The lowest BCUT2D eigenvalue weighted by Crippen LogP contribution is -2.22. The molecule has 1 amide bonds. The lowest BCUT2D eigenvalue weighted by Gasteiger charge is -2.07. The van der Waals surface area contributed by atoms with Gasteiger partial charge in [0.1, 0.15) is 5.82 Å². The van der Waals surface area contributed by atoms with Crippen LogP contribution in [0.3, 0.4) is 0 Å². The summed E-state index contributed by atoms with van der Waals surface area (Å²) in [7, 11) is 0. The van der Waals surface area contributed by atoms with Gasteiger partial charge in [-0.3, -0.25) is 9.59 Å². The number of aromatic amines is 1. The van der Waals surface area contributed by atoms with Crippen molar-refractivity contribution in [2.45, 2.75) is 6.42 Å². The number of carbonyl (C=O) groups is 1. The van der Waals surface area contributed by atoms with E-state index in [9.17, 15) is 9.59 Å². The van der Waals surface area contributed by atoms with E-state index >= 15 is 0 Å². The third-order valence-corrected chi connectivity index (χ3v) is 4.07. The van der Waals surface area contributed by atoms with Gasteiger partial charge in [0.15, 0.2) is 0 Å². The van der Waals surface area contributed by atoms with Crippen LogP contribution < -0.4 is 10.9 Å². The molecule has 1 aromatic heterocycles. The molecule has 0 aliphatic carbocycles. The summed E-state index contributed by atoms with van der Waals surface area (Å²) in [6.45, 7) is 0. The van der Waals surface area contributed by atoms with E-state index in [2.05, 4.69) is 15.3 Å². The van der Waals surface area contributed by atoms with E-state index in [1.807, 2.05) is 0 Å². The fourth-order valence-electron chi connectivity index (χ4n) is 2.23. The second-order valence-corrected chi connectivity index (χ2v) is 6.14. The fourth-order valence-corrected chi connectivity index (χ4v) is 2.54. The SMILES string of the molecule is O=C(Cc1cnc(-c2ccc(Cl)cc2)[nH]c1=O)Nc1ccccc1Cl. The third-order valence-electron chi connectivity index (χ3n) is 3.49. The lowest BCUT2D eigenvalue weighted by atomic mass is 10.2. The Kier molecular flexibility index (Phi) is 5.16. The molecule has 0 atom stereocenters. The first-order valence-corrected chi connectivity index (χ1v) is 8.17. The maximum Gasteiger partial charge on any atom is 0.254 e. The molecule has 0 unspecified atom stereocenters. The van der Waals surface area contributed by atoms with Crippen molar-refractivity contribution < 1.29 is 4.79 Å². The van der Waals surface area contributed by atoms with Gasteiger partial charge in [-0.2, -0.15) is 0 Å². The van der Waals surface area contributed by atoms with Crippen LogP contribution >= 0.6 is 23.2 Å². The van der Waals surface area contributed by atoms with Gasteiger partial charge >= 0.3 is 0 Å². The molecular formula is C18H13Cl2N3O2. The summed E-state index contributed by atoms with van der Waals surface area (Å²) >= 11 is 11.8. The number of para-hydroxylation sites is 1. The molecule has 0 saturated carbocycles. The van der Waals surface area contributed by atoms with E-state index in [1.54, 1.807) is 48.5 Å². The number of carbonyl (C=O) groups excluding carboxylic acids is 1. The maximum atomic E-state index is 12.2. The highest BCUT2D eigenvalue weighted by atomic mass is 35.5. The number of aromatic nitrogens is 2. The minimum atomic E-state index is -0.366. The number of H-pyrrole nitrogens is 1. The standard InChI is InChI=1S/C18H13Cl2N3O2/c19-13-7-5-11(6-8-13)17-21-10-12(18(25)23-17)9-16(24)22-15-4-2-1-3-14(15)20/h1-8,10H,9H2,(H,22,24)(H,21,23,25). The van der Waals surface area contributed by atoms with Crippen LogP contribution in [0.25, 0.3) is 11.4 Å². The van der Waals surface area contributed by atoms with Crippen molar-refractivity contribution in [2.75, 3.05) is 5.32 Å². The van der Waals surface area contributed by atoms with Gasteiger partial charge in [0.25, 0.3) is 5.56 Å². The summed E-state index contributed by atoms with van der Waals surface area (Å²) in [6, 6.07) is 13.8. The number of rotatable bonds is 4. The summed E-state index contributed by atoms with van der Waals surface area (Å²) in [4.78, 5) is 31.2. The van der Waals surface area contributed by atoms with Crippen molar-refractivity contribution in [2.24, 2.45) is 0 Å². The van der Waals surface area contributed by atoms with Crippen molar-refractivity contribution in [3.63, 3.8) is 0 Å². The lowest BCUT2D eigenvalue weighted by molar-refractivity contribution is -0.115. The number of nitrogens with one attached hydrogen (secondary N) is 2. The van der Waals surface area contributed by atoms with Crippen LogP contribution in [0.4, 0.5) is 5.69 Å². The average molecular weight is 374 g/mol. The van der Waals surface area contributed by atoms with E-state index in [-0.39, 0.29) is 23.5 Å². The Morgan fingerprint density at radius 3 is 2.48 bits per heavy atom. The van der Waals surface area contributed by atoms with Gasteiger partial charge in [-0.15, -0.1) is 0 Å². The molecule has 0 fully saturated rings. The Bertz CT molecular complexity index is 969. The highest BCUT2D eigenvalue weighted by Crippen LogP contribution is 2.20. The molecule has 0 aliphatic heterocycles. The molecule has 0 spiro atoms. The second-order valence-electron chi connectivity index (χ2n) is 5.30. The molecule has 0 radical (unpaired) electrons. The highest BCUT2D eigenvalue weighted by Gasteiger charge is 2.11. The van der Waals surface area contributed by atoms with E-state index < -0.39 is 0 Å². The molecule has 0 bridgehead atoms. The summed E-state index contributed by atoms with van der Waals surface area (Å²) in [5, 5.41) is 3.70. The van der Waals surface area contributed by atoms with Gasteiger partial charge in [0, 0.05) is 22.3 Å². The first kappa shape index (κ1) is 17.2. The normalized spacial score (nSPS) is 10.5. The predicted molar refractivity (Wildman–Crippen MR) is 99.1 cm³/mol. The second kappa shape index (κ2) is 7.51. The van der Waals surface area contributed by atoms with E-state index in [0.29, 0.717) is 21.6 Å². The number of amides is 1. The number of halogens is 2. The Labute approximate surface area is 153 Å². The topological polar surface area (TPSA) is 74.8 Å². The summed E-state index contributed by atoms with van der Waals surface area (Å²) < 4.78 is 0. The number of nitrogens with zero attached hydrogens (tertiary/aromatic N) is 1. The molecule has 3 aromatic rings. The number of hydrogen-bond donors (Lipinski definition) is 2. The van der Waals surface area contributed by atoms with Crippen molar-refractivity contribution in [3.8, 4) is 11.4 Å². The van der Waals surface area contributed by atoms with E-state index in [0.717, 1.165) is 5.56 Å². The van der Waals surface area contributed by atoms with Gasteiger partial charge < -0.3 is 10.3 Å². The predicted octanol–water partition coefficient (Wildman–Crippen LogP) is 3.92. The molecule has 7 heteroatoms. The molecular weight excluding hydrogens is 361 g/mol. The molecule has 25 heavy (non-hydrogen) atoms. The third kappa shape index (κ3) is 4.26. The molecule has 0 aliphatic rings. The molecule has 1 heterocycles. The minimum Gasteiger partial charge on any atom is -0.324 e. The van der Waals surface area contributed by atoms with Crippen molar-refractivity contribution in [1.82, 2.24) is 9.97 Å². The zero-order chi connectivity index (χ0) is 17.8. The Hall–Kier alpha value is -2.63. The Balaban J connectivity index is 1.75. The Morgan fingerprint density at radius 2 is 1.80 bits per heavy atom. The van der Waals surface area contributed by atoms with Gasteiger partial charge in [-0.05, 0) is 36.4 Å².